The molecule has 0 bridgehead atoms. The molecule has 1 unspecified atom stereocenters. The summed E-state index contributed by atoms with van der Waals surface area (Å²) in [7, 11) is 0. The number of carboxylic acids is 1. The number of alkyl halides is 3. The SMILES string of the molecule is Cc1noc(C)c1CN1CC2(COCCN(Cc3ccc(C#N)cc3)C2)CC1=O.O=C(O)C(F)(F)F. The average molecular weight is 508 g/mol. The van der Waals surface area contributed by atoms with E-state index in [1.165, 1.54) is 0 Å². The first-order valence-electron chi connectivity index (χ1n) is 11.2. The van der Waals surface area contributed by atoms with Crippen molar-refractivity contribution in [3.05, 3.63) is 52.4 Å². The molecule has 0 radical (unpaired) electrons. The Morgan fingerprint density at radius 1 is 1.22 bits per heavy atom. The zero-order valence-corrected chi connectivity index (χ0v) is 20.0. The zero-order chi connectivity index (χ0) is 26.5. The molecule has 4 rings (SSSR count). The van der Waals surface area contributed by atoms with Crippen molar-refractivity contribution in [2.45, 2.75) is 39.5 Å². The van der Waals surface area contributed by atoms with Crippen LogP contribution in [-0.2, 0) is 27.4 Å². The van der Waals surface area contributed by atoms with E-state index in [1.54, 1.807) is 0 Å². The Kier molecular flexibility index (Phi) is 8.37. The molecule has 1 atom stereocenters. The van der Waals surface area contributed by atoms with E-state index in [1.807, 2.05) is 43.0 Å². The van der Waals surface area contributed by atoms with Crippen LogP contribution >= 0.6 is 0 Å². The lowest BCUT2D eigenvalue weighted by Crippen LogP contribution is -2.40. The first-order valence-corrected chi connectivity index (χ1v) is 11.2. The molecule has 2 aliphatic heterocycles. The molecule has 36 heavy (non-hydrogen) atoms. The summed E-state index contributed by atoms with van der Waals surface area (Å²) in [4.78, 5) is 26.0. The average Bonchev–Trinajstić information content (AvgIpc) is 3.21. The van der Waals surface area contributed by atoms with Crippen molar-refractivity contribution < 1.29 is 37.1 Å². The zero-order valence-electron chi connectivity index (χ0n) is 20.0. The van der Waals surface area contributed by atoms with Crippen LogP contribution in [0.4, 0.5) is 13.2 Å². The topological polar surface area (TPSA) is 120 Å². The van der Waals surface area contributed by atoms with Gasteiger partial charge in [-0.1, -0.05) is 17.3 Å². The molecule has 0 aliphatic carbocycles. The number of aromatic nitrogens is 1. The van der Waals surface area contributed by atoms with E-state index in [-0.39, 0.29) is 11.3 Å². The molecule has 194 valence electrons. The third kappa shape index (κ3) is 6.83. The highest BCUT2D eigenvalue weighted by molar-refractivity contribution is 5.79. The predicted octanol–water partition coefficient (Wildman–Crippen LogP) is 3.05. The number of amides is 1. The lowest BCUT2D eigenvalue weighted by Gasteiger charge is -2.31. The number of halogens is 3. The molecule has 1 amide bonds. The molecule has 2 fully saturated rings. The summed E-state index contributed by atoms with van der Waals surface area (Å²) in [5, 5.41) is 20.1. The number of benzene rings is 1. The third-order valence-corrected chi connectivity index (χ3v) is 6.19. The summed E-state index contributed by atoms with van der Waals surface area (Å²) in [5.41, 5.74) is 3.48. The van der Waals surface area contributed by atoms with Crippen LogP contribution in [-0.4, -0.2) is 71.0 Å². The van der Waals surface area contributed by atoms with Gasteiger partial charge in [0.05, 0.1) is 37.1 Å². The van der Waals surface area contributed by atoms with E-state index in [2.05, 4.69) is 16.1 Å². The predicted molar refractivity (Wildman–Crippen MR) is 119 cm³/mol. The lowest BCUT2D eigenvalue weighted by molar-refractivity contribution is -0.192. The van der Waals surface area contributed by atoms with E-state index in [4.69, 9.17) is 24.4 Å². The summed E-state index contributed by atoms with van der Waals surface area (Å²) in [5.74, 6) is -1.82. The molecule has 12 heteroatoms. The molecule has 1 N–H and O–H groups in total. The van der Waals surface area contributed by atoms with Gasteiger partial charge in [-0.2, -0.15) is 18.4 Å². The fourth-order valence-corrected chi connectivity index (χ4v) is 4.41. The smallest absolute Gasteiger partial charge is 0.475 e. The molecule has 9 nitrogen and oxygen atoms in total. The summed E-state index contributed by atoms with van der Waals surface area (Å²) >= 11 is 0. The normalized spacial score (nSPS) is 20.6. The number of hydrogen-bond acceptors (Lipinski definition) is 7. The summed E-state index contributed by atoms with van der Waals surface area (Å²) in [6, 6.07) is 9.86. The molecule has 2 saturated heterocycles. The quantitative estimate of drug-likeness (QED) is 0.669. The Morgan fingerprint density at radius 3 is 2.44 bits per heavy atom. The van der Waals surface area contributed by atoms with E-state index < -0.39 is 12.1 Å². The van der Waals surface area contributed by atoms with Gasteiger partial charge in [0.25, 0.3) is 0 Å². The number of hydrogen-bond donors (Lipinski definition) is 1. The summed E-state index contributed by atoms with van der Waals surface area (Å²) in [6.07, 6.45) is -4.58. The number of nitrogens with zero attached hydrogens (tertiary/aromatic N) is 4. The van der Waals surface area contributed by atoms with Crippen molar-refractivity contribution in [2.24, 2.45) is 5.41 Å². The molecule has 0 saturated carbocycles. The standard InChI is InChI=1S/C22H26N4O3.C2HF3O2/c1-16-20(17(2)29-24-16)12-26-14-22(9-21(26)27)13-25(7-8-28-15-22)11-19-5-3-18(10-23)4-6-19;3-2(4,5)1(6)7/h3-6H,7-9,11-15H2,1-2H3;(H,6,7). The number of likely N-dealkylation sites (tertiary alicyclic amines) is 1. The van der Waals surface area contributed by atoms with E-state index in [0.29, 0.717) is 38.3 Å². The Labute approximate surface area is 206 Å². The summed E-state index contributed by atoms with van der Waals surface area (Å²) < 4.78 is 42.9. The molecule has 2 aromatic rings. The van der Waals surface area contributed by atoms with Crippen LogP contribution in [0.5, 0.6) is 0 Å². The van der Waals surface area contributed by atoms with Gasteiger partial charge in [-0.15, -0.1) is 0 Å². The first kappa shape index (κ1) is 27.2. The maximum atomic E-state index is 12.8. The van der Waals surface area contributed by atoms with E-state index in [9.17, 15) is 18.0 Å². The van der Waals surface area contributed by atoms with Crippen molar-refractivity contribution in [3.63, 3.8) is 0 Å². The molecule has 1 aromatic heterocycles. The Bertz CT molecular complexity index is 1110. The number of rotatable bonds is 4. The van der Waals surface area contributed by atoms with Crippen LogP contribution in [0.2, 0.25) is 0 Å². The number of carboxylic acid groups (broad SMARTS) is 1. The van der Waals surface area contributed by atoms with Crippen molar-refractivity contribution in [2.75, 3.05) is 32.8 Å². The van der Waals surface area contributed by atoms with Crippen molar-refractivity contribution >= 4 is 11.9 Å². The van der Waals surface area contributed by atoms with Gasteiger partial charge in [0.1, 0.15) is 5.76 Å². The van der Waals surface area contributed by atoms with Gasteiger partial charge in [-0.25, -0.2) is 4.79 Å². The highest BCUT2D eigenvalue weighted by Gasteiger charge is 2.45. The van der Waals surface area contributed by atoms with Crippen molar-refractivity contribution in [1.82, 2.24) is 15.0 Å². The van der Waals surface area contributed by atoms with Crippen molar-refractivity contribution in [1.29, 1.82) is 5.26 Å². The van der Waals surface area contributed by atoms with Gasteiger partial charge in [0.15, 0.2) is 0 Å². The second-order valence-electron chi connectivity index (χ2n) is 9.10. The van der Waals surface area contributed by atoms with E-state index in [0.717, 1.165) is 42.2 Å². The number of aliphatic carboxylic acids is 1. The van der Waals surface area contributed by atoms with Gasteiger partial charge in [0.2, 0.25) is 5.91 Å². The number of aryl methyl sites for hydroxylation is 2. The maximum Gasteiger partial charge on any atom is 0.490 e. The number of ether oxygens (including phenoxy) is 1. The molecule has 2 aliphatic rings. The Balaban J connectivity index is 0.000000454. The molecule has 1 spiro atoms. The van der Waals surface area contributed by atoms with Gasteiger partial charge in [-0.05, 0) is 31.5 Å². The fraction of sp³-hybridized carbons (Fsp3) is 0.500. The molecule has 1 aromatic carbocycles. The summed E-state index contributed by atoms with van der Waals surface area (Å²) in [6.45, 7) is 8.72. The Morgan fingerprint density at radius 2 is 1.89 bits per heavy atom. The Hall–Kier alpha value is -3.43. The maximum absolute atomic E-state index is 12.8. The lowest BCUT2D eigenvalue weighted by atomic mass is 9.87. The monoisotopic (exact) mass is 508 g/mol. The fourth-order valence-electron chi connectivity index (χ4n) is 4.41. The molecular weight excluding hydrogens is 481 g/mol. The first-order chi connectivity index (χ1) is 16.9. The molecule has 3 heterocycles. The van der Waals surface area contributed by atoms with Gasteiger partial charge >= 0.3 is 12.1 Å². The number of nitriles is 1. The minimum Gasteiger partial charge on any atom is -0.475 e. The number of carbonyl (C=O) groups is 2. The second kappa shape index (κ2) is 11.1. The second-order valence-corrected chi connectivity index (χ2v) is 9.10. The van der Waals surface area contributed by atoms with Crippen LogP contribution in [0.1, 0.15) is 34.6 Å². The minimum atomic E-state index is -5.08. The number of carbonyl (C=O) groups excluding carboxylic acids is 1. The van der Waals surface area contributed by atoms with Crippen LogP contribution in [0.3, 0.4) is 0 Å². The van der Waals surface area contributed by atoms with Gasteiger partial charge in [0, 0.05) is 43.6 Å². The van der Waals surface area contributed by atoms with Crippen LogP contribution in [0.15, 0.2) is 28.8 Å². The van der Waals surface area contributed by atoms with Crippen LogP contribution < -0.4 is 0 Å². The minimum absolute atomic E-state index is 0.161. The largest absolute Gasteiger partial charge is 0.490 e. The highest BCUT2D eigenvalue weighted by Crippen LogP contribution is 2.36. The van der Waals surface area contributed by atoms with E-state index >= 15 is 0 Å². The third-order valence-electron chi connectivity index (χ3n) is 6.19. The van der Waals surface area contributed by atoms with Crippen LogP contribution in [0, 0.1) is 30.6 Å². The molecular formula is C24H27F3N4O5. The van der Waals surface area contributed by atoms with Gasteiger partial charge in [-0.3, -0.25) is 9.69 Å². The van der Waals surface area contributed by atoms with Crippen molar-refractivity contribution in [3.8, 4) is 6.07 Å². The van der Waals surface area contributed by atoms with Crippen LogP contribution in [0.25, 0.3) is 0 Å². The highest BCUT2D eigenvalue weighted by atomic mass is 19.4. The van der Waals surface area contributed by atoms with Gasteiger partial charge < -0.3 is 19.3 Å².